The molecule has 0 unspecified atom stereocenters. The van der Waals surface area contributed by atoms with E-state index in [1.165, 1.54) is 0 Å². The number of hydrogen-bond acceptors (Lipinski definition) is 7. The van der Waals surface area contributed by atoms with Crippen molar-refractivity contribution >= 4 is 21.8 Å². The summed E-state index contributed by atoms with van der Waals surface area (Å²) in [6.07, 6.45) is 0. The molecule has 0 spiro atoms. The summed E-state index contributed by atoms with van der Waals surface area (Å²) in [5.74, 6) is -5.22. The van der Waals surface area contributed by atoms with Crippen LogP contribution in [0.4, 0.5) is 0 Å². The molecule has 8 heteroatoms. The van der Waals surface area contributed by atoms with Gasteiger partial charge in [0, 0.05) is 6.07 Å². The molecule has 8 nitrogen and oxygen atoms in total. The third-order valence-electron chi connectivity index (χ3n) is 3.16. The molecule has 0 fully saturated rings. The Morgan fingerprint density at radius 1 is 0.550 bits per heavy atom. The second kappa shape index (κ2) is 3.44. The van der Waals surface area contributed by atoms with Crippen molar-refractivity contribution in [3.05, 3.63) is 6.07 Å². The molecule has 1 aromatic heterocycles. The lowest BCUT2D eigenvalue weighted by molar-refractivity contribution is 0.350. The molecule has 20 heavy (non-hydrogen) atoms. The van der Waals surface area contributed by atoms with Gasteiger partial charge >= 0.3 is 0 Å². The van der Waals surface area contributed by atoms with E-state index >= 15 is 0 Å². The summed E-state index contributed by atoms with van der Waals surface area (Å²) in [7, 11) is 0. The van der Waals surface area contributed by atoms with Gasteiger partial charge in [-0.05, 0) is 0 Å². The number of benzene rings is 2. The predicted octanol–water partition coefficient (Wildman–Crippen LogP) is 1.26. The maximum Gasteiger partial charge on any atom is 0.206 e. The number of rotatable bonds is 0. The zero-order valence-corrected chi connectivity index (χ0v) is 9.71. The van der Waals surface area contributed by atoms with E-state index in [0.29, 0.717) is 0 Å². The number of phenols is 7. The highest BCUT2D eigenvalue weighted by Crippen LogP contribution is 2.53. The number of fused-ring (bicyclic) bond motifs is 3. The Labute approximate surface area is 110 Å². The Bertz CT molecular complexity index is 881. The topological polar surface area (TPSA) is 157 Å². The molecule has 1 heterocycles. The molecular formula is C12H9NO7. The van der Waals surface area contributed by atoms with Gasteiger partial charge in [0.15, 0.2) is 23.0 Å². The van der Waals surface area contributed by atoms with E-state index in [2.05, 4.69) is 4.98 Å². The predicted molar refractivity (Wildman–Crippen MR) is 67.5 cm³/mol. The van der Waals surface area contributed by atoms with Crippen molar-refractivity contribution in [2.24, 2.45) is 0 Å². The van der Waals surface area contributed by atoms with Crippen LogP contribution in [-0.4, -0.2) is 40.7 Å². The van der Waals surface area contributed by atoms with Crippen molar-refractivity contribution in [2.75, 3.05) is 0 Å². The maximum atomic E-state index is 9.84. The molecule has 2 aromatic carbocycles. The van der Waals surface area contributed by atoms with Crippen LogP contribution in [0.15, 0.2) is 6.07 Å². The molecule has 104 valence electrons. The fourth-order valence-corrected chi connectivity index (χ4v) is 2.21. The van der Waals surface area contributed by atoms with Crippen molar-refractivity contribution in [3.63, 3.8) is 0 Å². The van der Waals surface area contributed by atoms with Crippen LogP contribution in [0.25, 0.3) is 21.8 Å². The Kier molecular flexibility index (Phi) is 2.05. The first-order valence-corrected chi connectivity index (χ1v) is 5.39. The van der Waals surface area contributed by atoms with Crippen LogP contribution in [0.2, 0.25) is 0 Å². The zero-order chi connectivity index (χ0) is 14.8. The smallest absolute Gasteiger partial charge is 0.206 e. The normalized spacial score (nSPS) is 11.4. The highest BCUT2D eigenvalue weighted by molar-refractivity contribution is 6.18. The van der Waals surface area contributed by atoms with E-state index in [9.17, 15) is 35.7 Å². The molecule has 3 aromatic rings. The molecule has 0 amide bonds. The van der Waals surface area contributed by atoms with Crippen molar-refractivity contribution in [1.29, 1.82) is 0 Å². The monoisotopic (exact) mass is 279 g/mol. The molecule has 8 N–H and O–H groups in total. The molecule has 0 saturated heterocycles. The highest BCUT2D eigenvalue weighted by atomic mass is 16.3. The quantitative estimate of drug-likeness (QED) is 0.227. The Morgan fingerprint density at radius 3 is 1.75 bits per heavy atom. The fraction of sp³-hybridized carbons (Fsp3) is 0. The molecule has 0 bridgehead atoms. The number of nitrogens with one attached hydrogen (secondary N) is 1. The molecule has 3 rings (SSSR count). The van der Waals surface area contributed by atoms with Crippen LogP contribution in [-0.2, 0) is 0 Å². The lowest BCUT2D eigenvalue weighted by atomic mass is 10.1. The molecule has 0 aliphatic heterocycles. The van der Waals surface area contributed by atoms with Gasteiger partial charge in [-0.15, -0.1) is 0 Å². The van der Waals surface area contributed by atoms with Gasteiger partial charge in [0.25, 0.3) is 0 Å². The van der Waals surface area contributed by atoms with E-state index < -0.39 is 40.2 Å². The van der Waals surface area contributed by atoms with Crippen molar-refractivity contribution in [1.82, 2.24) is 4.98 Å². The lowest BCUT2D eigenvalue weighted by Crippen LogP contribution is -1.77. The number of phenolic OH excluding ortho intramolecular Hbond substituents is 7. The van der Waals surface area contributed by atoms with Crippen molar-refractivity contribution in [3.8, 4) is 40.2 Å². The third-order valence-corrected chi connectivity index (χ3v) is 3.16. The number of aromatic hydroxyl groups is 7. The summed E-state index contributed by atoms with van der Waals surface area (Å²) in [5, 5.41) is 67.2. The average molecular weight is 279 g/mol. The van der Waals surface area contributed by atoms with E-state index in [1.54, 1.807) is 0 Å². The summed E-state index contributed by atoms with van der Waals surface area (Å²) >= 11 is 0. The second-order valence-corrected chi connectivity index (χ2v) is 4.28. The van der Waals surface area contributed by atoms with Gasteiger partial charge in [0.2, 0.25) is 11.5 Å². The summed E-state index contributed by atoms with van der Waals surface area (Å²) < 4.78 is 0. The molecule has 0 atom stereocenters. The van der Waals surface area contributed by atoms with Crippen LogP contribution in [0.3, 0.4) is 0 Å². The lowest BCUT2D eigenvalue weighted by Gasteiger charge is -2.06. The molecule has 0 aliphatic rings. The van der Waals surface area contributed by atoms with Crippen LogP contribution >= 0.6 is 0 Å². The largest absolute Gasteiger partial charge is 0.507 e. The first-order chi connectivity index (χ1) is 9.34. The van der Waals surface area contributed by atoms with E-state index in [0.717, 1.165) is 6.07 Å². The first-order valence-electron chi connectivity index (χ1n) is 5.39. The summed E-state index contributed by atoms with van der Waals surface area (Å²) in [6.45, 7) is 0. The first kappa shape index (κ1) is 11.9. The van der Waals surface area contributed by atoms with E-state index in [-0.39, 0.29) is 21.8 Å². The van der Waals surface area contributed by atoms with Crippen LogP contribution in [0, 0.1) is 0 Å². The fourth-order valence-electron chi connectivity index (χ4n) is 2.21. The van der Waals surface area contributed by atoms with Gasteiger partial charge in [-0.3, -0.25) is 0 Å². The summed E-state index contributed by atoms with van der Waals surface area (Å²) in [5.41, 5.74) is -0.392. The minimum absolute atomic E-state index is 0.126. The number of hydrogen-bond donors (Lipinski definition) is 8. The maximum absolute atomic E-state index is 9.84. The minimum Gasteiger partial charge on any atom is -0.507 e. The van der Waals surface area contributed by atoms with Gasteiger partial charge in [0.1, 0.15) is 5.75 Å². The van der Waals surface area contributed by atoms with E-state index in [4.69, 9.17) is 0 Å². The standard InChI is InChI=1S/C12H9NO7/c14-2-1-3(15)8(16)6-4(2)5-7(13-6)10(18)12(20)11(19)9(5)17/h1,13-20H. The second-order valence-electron chi connectivity index (χ2n) is 4.28. The van der Waals surface area contributed by atoms with E-state index in [1.807, 2.05) is 0 Å². The zero-order valence-electron chi connectivity index (χ0n) is 9.71. The van der Waals surface area contributed by atoms with Crippen molar-refractivity contribution in [2.45, 2.75) is 0 Å². The number of H-pyrrole nitrogens is 1. The average Bonchev–Trinajstić information content (AvgIpc) is 2.81. The summed E-state index contributed by atoms with van der Waals surface area (Å²) in [6, 6.07) is 0.839. The van der Waals surface area contributed by atoms with Crippen LogP contribution in [0.1, 0.15) is 0 Å². The molecular weight excluding hydrogens is 270 g/mol. The number of aromatic amines is 1. The van der Waals surface area contributed by atoms with Gasteiger partial charge in [-0.25, -0.2) is 0 Å². The van der Waals surface area contributed by atoms with Crippen molar-refractivity contribution < 1.29 is 35.7 Å². The Balaban J connectivity index is 2.71. The Hall–Kier alpha value is -3.16. The minimum atomic E-state index is -0.970. The van der Waals surface area contributed by atoms with Gasteiger partial charge in [-0.1, -0.05) is 0 Å². The molecule has 0 saturated carbocycles. The van der Waals surface area contributed by atoms with Crippen LogP contribution < -0.4 is 0 Å². The van der Waals surface area contributed by atoms with Gasteiger partial charge in [-0.2, -0.15) is 0 Å². The SMILES string of the molecule is Oc1cc(O)c2c([nH]c3c(O)c(O)c(O)c(O)c32)c1O. The molecule has 0 aliphatic carbocycles. The Morgan fingerprint density at radius 2 is 1.10 bits per heavy atom. The van der Waals surface area contributed by atoms with Gasteiger partial charge in [0.05, 0.1) is 21.8 Å². The van der Waals surface area contributed by atoms with Crippen LogP contribution in [0.5, 0.6) is 40.2 Å². The third kappa shape index (κ3) is 1.19. The number of aromatic nitrogens is 1. The summed E-state index contributed by atoms with van der Waals surface area (Å²) in [4.78, 5) is 2.45. The highest BCUT2D eigenvalue weighted by Gasteiger charge is 2.25. The van der Waals surface area contributed by atoms with Gasteiger partial charge < -0.3 is 40.7 Å². The molecule has 0 radical (unpaired) electrons.